The fourth-order valence-electron chi connectivity index (χ4n) is 4.45. The highest BCUT2D eigenvalue weighted by Gasteiger charge is 2.36. The van der Waals surface area contributed by atoms with Crippen molar-refractivity contribution in [1.82, 2.24) is 14.8 Å². The van der Waals surface area contributed by atoms with Crippen LogP contribution in [0.1, 0.15) is 63.3 Å². The summed E-state index contributed by atoms with van der Waals surface area (Å²) in [5.41, 5.74) is 4.03. The highest BCUT2D eigenvalue weighted by atomic mass is 16.5. The number of hydrogen-bond acceptors (Lipinski definition) is 4. The Balaban J connectivity index is 1.91. The third-order valence-corrected chi connectivity index (χ3v) is 5.88. The minimum Gasteiger partial charge on any atom is -0.464 e. The monoisotopic (exact) mass is 406 g/mol. The van der Waals surface area contributed by atoms with E-state index in [-0.39, 0.29) is 5.54 Å². The molecule has 1 aromatic heterocycles. The fraction of sp³-hybridized carbons (Fsp3) is 0.520. The molecule has 30 heavy (non-hydrogen) atoms. The zero-order valence-electron chi connectivity index (χ0n) is 19.1. The Labute approximate surface area is 181 Å². The van der Waals surface area contributed by atoms with Crippen molar-refractivity contribution in [3.63, 3.8) is 0 Å². The lowest BCUT2D eigenvalue weighted by Gasteiger charge is -2.49. The average molecular weight is 407 g/mol. The molecule has 0 bridgehead atoms. The predicted molar refractivity (Wildman–Crippen MR) is 122 cm³/mol. The number of aromatic nitrogens is 1. The van der Waals surface area contributed by atoms with E-state index < -0.39 is 0 Å². The van der Waals surface area contributed by atoms with Crippen LogP contribution in [0.25, 0.3) is 4.85 Å². The molecule has 1 unspecified atom stereocenters. The van der Waals surface area contributed by atoms with Gasteiger partial charge in [0.05, 0.1) is 7.11 Å². The zero-order chi connectivity index (χ0) is 21.9. The normalized spacial score (nSPS) is 18.4. The third kappa shape index (κ3) is 5.00. The summed E-state index contributed by atoms with van der Waals surface area (Å²) in [6.07, 6.45) is 0. The number of ether oxygens (including phenoxy) is 1. The van der Waals surface area contributed by atoms with Crippen molar-refractivity contribution >= 4 is 5.82 Å². The number of rotatable bonds is 5. The second kappa shape index (κ2) is 9.16. The highest BCUT2D eigenvalue weighted by molar-refractivity contribution is 5.42. The smallest absolute Gasteiger partial charge is 0.309 e. The first-order valence-electron chi connectivity index (χ1n) is 10.7. The summed E-state index contributed by atoms with van der Waals surface area (Å²) in [6.45, 7) is 22.6. The molecule has 1 aliphatic rings. The van der Waals surface area contributed by atoms with Crippen LogP contribution >= 0.6 is 0 Å². The van der Waals surface area contributed by atoms with Gasteiger partial charge in [0.25, 0.3) is 5.82 Å². The predicted octanol–water partition coefficient (Wildman–Crippen LogP) is 5.42. The van der Waals surface area contributed by atoms with Gasteiger partial charge in [-0.2, -0.15) is 0 Å². The maximum atomic E-state index is 7.32. The first kappa shape index (κ1) is 22.3. The van der Waals surface area contributed by atoms with Gasteiger partial charge < -0.3 is 9.58 Å². The van der Waals surface area contributed by atoms with Gasteiger partial charge in [0.15, 0.2) is 0 Å². The van der Waals surface area contributed by atoms with E-state index in [0.29, 0.717) is 23.7 Å². The molecular formula is C25H34N4O. The van der Waals surface area contributed by atoms with Crippen molar-refractivity contribution in [1.29, 1.82) is 0 Å². The zero-order valence-corrected chi connectivity index (χ0v) is 19.1. The first-order valence-corrected chi connectivity index (χ1v) is 10.7. The average Bonchev–Trinajstić information content (AvgIpc) is 2.72. The summed E-state index contributed by atoms with van der Waals surface area (Å²) in [5.74, 6) is 1.39. The van der Waals surface area contributed by atoms with Crippen molar-refractivity contribution in [2.45, 2.75) is 58.7 Å². The van der Waals surface area contributed by atoms with E-state index in [1.165, 1.54) is 11.1 Å². The molecule has 0 amide bonds. The Morgan fingerprint density at radius 3 is 2.57 bits per heavy atom. The first-order chi connectivity index (χ1) is 14.2. The summed E-state index contributed by atoms with van der Waals surface area (Å²) in [6, 6.07) is 13.0. The van der Waals surface area contributed by atoms with E-state index in [1.807, 2.05) is 12.1 Å². The SMILES string of the molecule is [C-]#[N+]c1cc(CN2CCN(C(C)(C)C)C(c3ccccc3C(C)C)C2)cc(OC)n1. The Bertz CT molecular complexity index is 910. The van der Waals surface area contributed by atoms with E-state index in [4.69, 9.17) is 11.3 Å². The van der Waals surface area contributed by atoms with Gasteiger partial charge in [-0.3, -0.25) is 9.80 Å². The van der Waals surface area contributed by atoms with Crippen LogP contribution in [0.5, 0.6) is 5.88 Å². The summed E-state index contributed by atoms with van der Waals surface area (Å²) >= 11 is 0. The largest absolute Gasteiger partial charge is 0.464 e. The number of hydrogen-bond donors (Lipinski definition) is 0. The Morgan fingerprint density at radius 1 is 1.20 bits per heavy atom. The molecule has 0 aliphatic carbocycles. The lowest BCUT2D eigenvalue weighted by Crippen LogP contribution is -2.55. The van der Waals surface area contributed by atoms with E-state index >= 15 is 0 Å². The molecule has 2 aromatic rings. The summed E-state index contributed by atoms with van der Waals surface area (Å²) < 4.78 is 5.30. The second-order valence-electron chi connectivity index (χ2n) is 9.39. The molecule has 1 aliphatic heterocycles. The van der Waals surface area contributed by atoms with Crippen LogP contribution in [0.15, 0.2) is 36.4 Å². The molecule has 160 valence electrons. The molecule has 1 saturated heterocycles. The molecule has 1 atom stereocenters. The van der Waals surface area contributed by atoms with Crippen LogP contribution in [-0.2, 0) is 6.54 Å². The molecule has 5 heteroatoms. The second-order valence-corrected chi connectivity index (χ2v) is 9.39. The van der Waals surface area contributed by atoms with Crippen molar-refractivity contribution < 1.29 is 4.74 Å². The molecular weight excluding hydrogens is 372 g/mol. The van der Waals surface area contributed by atoms with Crippen LogP contribution in [0.2, 0.25) is 0 Å². The van der Waals surface area contributed by atoms with Gasteiger partial charge in [0.2, 0.25) is 0 Å². The number of piperazine rings is 1. The Kier molecular flexibility index (Phi) is 6.80. The number of pyridine rings is 1. The number of benzene rings is 1. The van der Waals surface area contributed by atoms with Crippen molar-refractivity contribution in [3.05, 3.63) is 64.5 Å². The molecule has 0 radical (unpaired) electrons. The summed E-state index contributed by atoms with van der Waals surface area (Å²) in [5, 5.41) is 0. The summed E-state index contributed by atoms with van der Waals surface area (Å²) in [7, 11) is 1.60. The van der Waals surface area contributed by atoms with Crippen LogP contribution in [0, 0.1) is 6.57 Å². The van der Waals surface area contributed by atoms with Crippen LogP contribution in [-0.4, -0.2) is 47.1 Å². The van der Waals surface area contributed by atoms with Gasteiger partial charge in [-0.05, 0) is 49.4 Å². The Morgan fingerprint density at radius 2 is 1.93 bits per heavy atom. The molecule has 1 aromatic carbocycles. The maximum absolute atomic E-state index is 7.32. The van der Waals surface area contributed by atoms with Gasteiger partial charge in [-0.25, -0.2) is 0 Å². The van der Waals surface area contributed by atoms with Crippen molar-refractivity contribution in [2.75, 3.05) is 26.7 Å². The van der Waals surface area contributed by atoms with Gasteiger partial charge in [-0.1, -0.05) is 49.7 Å². The van der Waals surface area contributed by atoms with Gasteiger partial charge >= 0.3 is 5.88 Å². The van der Waals surface area contributed by atoms with Crippen molar-refractivity contribution in [3.8, 4) is 5.88 Å². The van der Waals surface area contributed by atoms with Gasteiger partial charge in [0, 0.05) is 43.8 Å². The van der Waals surface area contributed by atoms with E-state index in [1.54, 1.807) is 7.11 Å². The molecule has 0 saturated carbocycles. The minimum absolute atomic E-state index is 0.0952. The number of methoxy groups -OCH3 is 1. The maximum Gasteiger partial charge on any atom is 0.309 e. The summed E-state index contributed by atoms with van der Waals surface area (Å²) in [4.78, 5) is 12.8. The Hall–Kier alpha value is -2.42. The van der Waals surface area contributed by atoms with Crippen molar-refractivity contribution in [2.24, 2.45) is 0 Å². The lowest BCUT2D eigenvalue weighted by molar-refractivity contribution is 0.00553. The fourth-order valence-corrected chi connectivity index (χ4v) is 4.45. The lowest BCUT2D eigenvalue weighted by atomic mass is 9.88. The number of nitrogens with zero attached hydrogens (tertiary/aromatic N) is 4. The molecule has 0 N–H and O–H groups in total. The third-order valence-electron chi connectivity index (χ3n) is 5.88. The quantitative estimate of drug-likeness (QED) is 0.621. The topological polar surface area (TPSA) is 33.0 Å². The highest BCUT2D eigenvalue weighted by Crippen LogP contribution is 2.36. The molecule has 2 heterocycles. The van der Waals surface area contributed by atoms with Crippen LogP contribution in [0.3, 0.4) is 0 Å². The van der Waals surface area contributed by atoms with E-state index in [2.05, 4.69) is 78.5 Å². The molecule has 3 rings (SSSR count). The van der Waals surface area contributed by atoms with E-state index in [0.717, 1.165) is 31.7 Å². The van der Waals surface area contributed by atoms with Crippen LogP contribution in [0.4, 0.5) is 5.82 Å². The standard InChI is InChI=1S/C25H34N4O/c1-18(2)20-10-8-9-11-21(20)22-17-28(12-13-29(22)25(3,4)5)16-19-14-23(26-6)27-24(15-19)30-7/h8-11,14-15,18,22H,12-13,16-17H2,1-5,7H3. The molecule has 1 fully saturated rings. The molecule has 0 spiro atoms. The van der Waals surface area contributed by atoms with E-state index in [9.17, 15) is 0 Å². The van der Waals surface area contributed by atoms with Gasteiger partial charge in [-0.15, -0.1) is 0 Å². The minimum atomic E-state index is 0.0952. The molecule has 5 nitrogen and oxygen atoms in total. The van der Waals surface area contributed by atoms with Gasteiger partial charge in [0.1, 0.15) is 0 Å². The van der Waals surface area contributed by atoms with Crippen LogP contribution < -0.4 is 4.74 Å².